The highest BCUT2D eigenvalue weighted by atomic mass is 16.3. The van der Waals surface area contributed by atoms with Gasteiger partial charge in [0.25, 0.3) is 0 Å². The van der Waals surface area contributed by atoms with Gasteiger partial charge in [-0.05, 0) is 49.9 Å². The first kappa shape index (κ1) is 13.4. The molecule has 1 saturated heterocycles. The number of rotatable bonds is 2. The largest absolute Gasteiger partial charge is 0.392 e. The molecule has 17 heavy (non-hydrogen) atoms. The van der Waals surface area contributed by atoms with Crippen LogP contribution in [0.15, 0.2) is 0 Å². The minimum absolute atomic E-state index is 0.105. The molecule has 2 nitrogen and oxygen atoms in total. The number of piperidine rings is 1. The van der Waals surface area contributed by atoms with Crippen LogP contribution in [-0.2, 0) is 0 Å². The van der Waals surface area contributed by atoms with E-state index < -0.39 is 0 Å². The van der Waals surface area contributed by atoms with E-state index in [4.69, 9.17) is 0 Å². The molecule has 1 aliphatic heterocycles. The molecule has 2 fully saturated rings. The maximum absolute atomic E-state index is 10.4. The Morgan fingerprint density at radius 1 is 1.18 bits per heavy atom. The standard InChI is InChI=1S/C15H29NO/c1-11-5-6-12(2)16(9-11)10-13-7-8-15(3,4)14(13)17/h11-14,17H,5-10H2,1-4H3. The van der Waals surface area contributed by atoms with Gasteiger partial charge in [-0.2, -0.15) is 0 Å². The molecular weight excluding hydrogens is 210 g/mol. The first-order valence-electron chi connectivity index (χ1n) is 7.32. The summed E-state index contributed by atoms with van der Waals surface area (Å²) in [7, 11) is 0. The molecule has 0 radical (unpaired) electrons. The van der Waals surface area contributed by atoms with Crippen molar-refractivity contribution in [3.63, 3.8) is 0 Å². The molecule has 1 N–H and O–H groups in total. The first-order chi connectivity index (χ1) is 7.90. The van der Waals surface area contributed by atoms with Crippen LogP contribution in [0.1, 0.15) is 53.4 Å². The van der Waals surface area contributed by atoms with Crippen molar-refractivity contribution < 1.29 is 5.11 Å². The van der Waals surface area contributed by atoms with Gasteiger partial charge in [-0.25, -0.2) is 0 Å². The minimum atomic E-state index is -0.105. The average molecular weight is 239 g/mol. The van der Waals surface area contributed by atoms with E-state index in [1.807, 2.05) is 0 Å². The molecule has 0 aromatic carbocycles. The zero-order valence-corrected chi connectivity index (χ0v) is 11.9. The van der Waals surface area contributed by atoms with Crippen molar-refractivity contribution >= 4 is 0 Å². The molecule has 1 aliphatic carbocycles. The Balaban J connectivity index is 1.92. The van der Waals surface area contributed by atoms with Crippen LogP contribution in [0.5, 0.6) is 0 Å². The molecule has 4 atom stereocenters. The van der Waals surface area contributed by atoms with Crippen LogP contribution in [0.3, 0.4) is 0 Å². The van der Waals surface area contributed by atoms with Gasteiger partial charge in [0.15, 0.2) is 0 Å². The van der Waals surface area contributed by atoms with Crippen LogP contribution < -0.4 is 0 Å². The zero-order chi connectivity index (χ0) is 12.6. The Morgan fingerprint density at radius 3 is 2.47 bits per heavy atom. The van der Waals surface area contributed by atoms with Crippen LogP contribution in [0, 0.1) is 17.3 Å². The Kier molecular flexibility index (Phi) is 3.84. The van der Waals surface area contributed by atoms with Gasteiger partial charge in [0.05, 0.1) is 6.10 Å². The third-order valence-electron chi connectivity index (χ3n) is 5.12. The Morgan fingerprint density at radius 2 is 1.88 bits per heavy atom. The fourth-order valence-corrected chi connectivity index (χ4v) is 3.63. The summed E-state index contributed by atoms with van der Waals surface area (Å²) < 4.78 is 0. The van der Waals surface area contributed by atoms with Gasteiger partial charge in [-0.3, -0.25) is 0 Å². The van der Waals surface area contributed by atoms with Crippen LogP contribution in [-0.4, -0.2) is 35.2 Å². The minimum Gasteiger partial charge on any atom is -0.392 e. The van der Waals surface area contributed by atoms with Gasteiger partial charge in [0.2, 0.25) is 0 Å². The van der Waals surface area contributed by atoms with Crippen LogP contribution >= 0.6 is 0 Å². The van der Waals surface area contributed by atoms with Crippen molar-refractivity contribution in [2.75, 3.05) is 13.1 Å². The third-order valence-corrected chi connectivity index (χ3v) is 5.12. The second kappa shape index (κ2) is 4.89. The van der Waals surface area contributed by atoms with Crippen molar-refractivity contribution in [1.82, 2.24) is 4.90 Å². The molecule has 0 aromatic rings. The van der Waals surface area contributed by atoms with Gasteiger partial charge in [0, 0.05) is 19.1 Å². The van der Waals surface area contributed by atoms with Gasteiger partial charge in [0.1, 0.15) is 0 Å². The van der Waals surface area contributed by atoms with E-state index in [2.05, 4.69) is 32.6 Å². The number of aliphatic hydroxyl groups excluding tert-OH is 1. The predicted octanol–water partition coefficient (Wildman–Crippen LogP) is 2.90. The van der Waals surface area contributed by atoms with E-state index in [0.717, 1.165) is 12.5 Å². The Labute approximate surface area is 106 Å². The van der Waals surface area contributed by atoms with Gasteiger partial charge >= 0.3 is 0 Å². The summed E-state index contributed by atoms with van der Waals surface area (Å²) in [6, 6.07) is 0.710. The number of hydrogen-bond donors (Lipinski definition) is 1. The van der Waals surface area contributed by atoms with Crippen molar-refractivity contribution in [2.24, 2.45) is 17.3 Å². The van der Waals surface area contributed by atoms with Gasteiger partial charge < -0.3 is 10.0 Å². The summed E-state index contributed by atoms with van der Waals surface area (Å²) in [5, 5.41) is 10.4. The molecular formula is C15H29NO. The van der Waals surface area contributed by atoms with E-state index in [1.165, 1.54) is 32.2 Å². The molecule has 0 amide bonds. The molecule has 0 spiro atoms. The molecule has 1 heterocycles. The van der Waals surface area contributed by atoms with E-state index in [9.17, 15) is 5.11 Å². The lowest BCUT2D eigenvalue weighted by Crippen LogP contribution is -2.45. The fourth-order valence-electron chi connectivity index (χ4n) is 3.63. The van der Waals surface area contributed by atoms with Crippen LogP contribution in [0.2, 0.25) is 0 Å². The highest BCUT2D eigenvalue weighted by Crippen LogP contribution is 2.42. The smallest absolute Gasteiger partial charge is 0.0631 e. The molecule has 0 aromatic heterocycles. The summed E-state index contributed by atoms with van der Waals surface area (Å²) in [5.41, 5.74) is 0.134. The highest BCUT2D eigenvalue weighted by Gasteiger charge is 2.41. The average Bonchev–Trinajstić information content (AvgIpc) is 2.51. The highest BCUT2D eigenvalue weighted by molar-refractivity contribution is 4.93. The normalized spacial score (nSPS) is 42.9. The maximum atomic E-state index is 10.4. The Hall–Kier alpha value is -0.0800. The fraction of sp³-hybridized carbons (Fsp3) is 1.00. The summed E-state index contributed by atoms with van der Waals surface area (Å²) in [4.78, 5) is 2.61. The van der Waals surface area contributed by atoms with E-state index >= 15 is 0 Å². The zero-order valence-electron chi connectivity index (χ0n) is 11.9. The molecule has 4 unspecified atom stereocenters. The third kappa shape index (κ3) is 2.85. The lowest BCUT2D eigenvalue weighted by atomic mass is 9.86. The van der Waals surface area contributed by atoms with Crippen molar-refractivity contribution in [1.29, 1.82) is 0 Å². The monoisotopic (exact) mass is 239 g/mol. The summed E-state index contributed by atoms with van der Waals surface area (Å²) >= 11 is 0. The molecule has 2 rings (SSSR count). The van der Waals surface area contributed by atoms with E-state index in [1.54, 1.807) is 0 Å². The maximum Gasteiger partial charge on any atom is 0.0631 e. The van der Waals surface area contributed by atoms with Crippen molar-refractivity contribution in [3.8, 4) is 0 Å². The molecule has 0 bridgehead atoms. The molecule has 100 valence electrons. The van der Waals surface area contributed by atoms with Gasteiger partial charge in [-0.15, -0.1) is 0 Å². The lowest BCUT2D eigenvalue weighted by molar-refractivity contribution is 0.0174. The summed E-state index contributed by atoms with van der Waals surface area (Å²) in [6.45, 7) is 11.5. The SMILES string of the molecule is CC1CCC(C)N(CC2CCC(C)(C)C2O)C1. The first-order valence-corrected chi connectivity index (χ1v) is 7.32. The van der Waals surface area contributed by atoms with E-state index in [0.29, 0.717) is 12.0 Å². The number of likely N-dealkylation sites (tertiary alicyclic amines) is 1. The van der Waals surface area contributed by atoms with Crippen LogP contribution in [0.4, 0.5) is 0 Å². The molecule has 2 heteroatoms. The van der Waals surface area contributed by atoms with Crippen molar-refractivity contribution in [2.45, 2.75) is 65.5 Å². The second-order valence-corrected chi connectivity index (χ2v) is 7.22. The topological polar surface area (TPSA) is 23.5 Å². The predicted molar refractivity (Wildman–Crippen MR) is 71.9 cm³/mol. The second-order valence-electron chi connectivity index (χ2n) is 7.22. The van der Waals surface area contributed by atoms with Crippen molar-refractivity contribution in [3.05, 3.63) is 0 Å². The van der Waals surface area contributed by atoms with Gasteiger partial charge in [-0.1, -0.05) is 20.8 Å². The lowest BCUT2D eigenvalue weighted by Gasteiger charge is -2.39. The molecule has 2 aliphatic rings. The summed E-state index contributed by atoms with van der Waals surface area (Å²) in [5.74, 6) is 1.33. The number of aliphatic hydroxyl groups is 1. The molecule has 1 saturated carbocycles. The number of hydrogen-bond acceptors (Lipinski definition) is 2. The quantitative estimate of drug-likeness (QED) is 0.801. The summed E-state index contributed by atoms with van der Waals surface area (Å²) in [6.07, 6.45) is 4.97. The number of nitrogens with zero attached hydrogens (tertiary/aromatic N) is 1. The van der Waals surface area contributed by atoms with Crippen LogP contribution in [0.25, 0.3) is 0 Å². The van der Waals surface area contributed by atoms with E-state index in [-0.39, 0.29) is 11.5 Å². The Bertz CT molecular complexity index is 264.